The summed E-state index contributed by atoms with van der Waals surface area (Å²) in [6.07, 6.45) is 2.98. The molecule has 0 aliphatic carbocycles. The summed E-state index contributed by atoms with van der Waals surface area (Å²) in [5.41, 5.74) is 0. The van der Waals surface area contributed by atoms with Crippen LogP contribution in [-0.2, 0) is 8.85 Å². The van der Waals surface area contributed by atoms with Crippen molar-refractivity contribution in [1.29, 1.82) is 0 Å². The molecule has 0 amide bonds. The van der Waals surface area contributed by atoms with Crippen molar-refractivity contribution < 1.29 is 8.85 Å². The first-order valence-electron chi connectivity index (χ1n) is 9.79. The quantitative estimate of drug-likeness (QED) is 0.146. The normalized spacial score (nSPS) is 15.7. The van der Waals surface area contributed by atoms with Crippen LogP contribution in [0.1, 0.15) is 26.7 Å². The standard InChI is InChI=1S/C18H44N2O2S2Si2/c1-17(19(3)4)21-25(7,8)15-11-13-23-24-14-12-16-26(9,10)22-18(2)20(5)6/h17-18H,11-16H2,1-10H3. The topological polar surface area (TPSA) is 24.9 Å². The van der Waals surface area contributed by atoms with Crippen LogP contribution in [0, 0.1) is 0 Å². The van der Waals surface area contributed by atoms with E-state index in [-0.39, 0.29) is 12.5 Å². The maximum absolute atomic E-state index is 6.27. The van der Waals surface area contributed by atoms with Crippen molar-refractivity contribution in [2.24, 2.45) is 0 Å². The first-order chi connectivity index (χ1) is 11.9. The average molecular weight is 441 g/mol. The van der Waals surface area contributed by atoms with Crippen molar-refractivity contribution >= 4 is 38.2 Å². The molecular formula is C18H44N2O2S2Si2. The van der Waals surface area contributed by atoms with Gasteiger partial charge in [0, 0.05) is 11.5 Å². The van der Waals surface area contributed by atoms with Crippen molar-refractivity contribution in [2.75, 3.05) is 39.7 Å². The Kier molecular flexibility index (Phi) is 13.7. The van der Waals surface area contributed by atoms with E-state index < -0.39 is 16.6 Å². The van der Waals surface area contributed by atoms with Gasteiger partial charge >= 0.3 is 0 Å². The molecule has 158 valence electrons. The first-order valence-corrected chi connectivity index (χ1v) is 18.5. The monoisotopic (exact) mass is 440 g/mol. The van der Waals surface area contributed by atoms with Gasteiger partial charge in [-0.2, -0.15) is 0 Å². The molecule has 0 heterocycles. The minimum absolute atomic E-state index is 0.226. The van der Waals surface area contributed by atoms with Gasteiger partial charge < -0.3 is 8.85 Å². The lowest BCUT2D eigenvalue weighted by atomic mass is 10.6. The van der Waals surface area contributed by atoms with Gasteiger partial charge in [-0.05, 0) is 93.2 Å². The molecular weight excluding hydrogens is 397 g/mol. The van der Waals surface area contributed by atoms with E-state index in [1.165, 1.54) is 36.4 Å². The molecule has 0 saturated heterocycles. The van der Waals surface area contributed by atoms with E-state index in [9.17, 15) is 0 Å². The van der Waals surface area contributed by atoms with Crippen molar-refractivity contribution in [3.8, 4) is 0 Å². The first kappa shape index (κ1) is 27.0. The highest BCUT2D eigenvalue weighted by atomic mass is 33.1. The van der Waals surface area contributed by atoms with Gasteiger partial charge in [0.1, 0.15) is 0 Å². The largest absolute Gasteiger partial charge is 0.402 e. The summed E-state index contributed by atoms with van der Waals surface area (Å²) in [7, 11) is 9.31. The second kappa shape index (κ2) is 13.2. The Balaban J connectivity index is 3.76. The van der Waals surface area contributed by atoms with Gasteiger partial charge in [0.2, 0.25) is 0 Å². The van der Waals surface area contributed by atoms with Crippen molar-refractivity contribution in [2.45, 2.75) is 77.4 Å². The molecule has 0 aliphatic rings. The molecule has 0 fully saturated rings. The van der Waals surface area contributed by atoms with Crippen molar-refractivity contribution in [3.05, 3.63) is 0 Å². The molecule has 0 aromatic heterocycles. The van der Waals surface area contributed by atoms with Gasteiger partial charge in [-0.3, -0.25) is 9.80 Å². The SMILES string of the molecule is CC(O[Si](C)(C)CCCSSCCC[Si](C)(C)OC(C)N(C)C)N(C)C. The van der Waals surface area contributed by atoms with E-state index in [1.807, 2.05) is 21.6 Å². The molecule has 2 unspecified atom stereocenters. The second-order valence-corrected chi connectivity index (χ2v) is 19.9. The van der Waals surface area contributed by atoms with E-state index in [4.69, 9.17) is 8.85 Å². The Morgan fingerprint density at radius 2 is 1.00 bits per heavy atom. The van der Waals surface area contributed by atoms with E-state index in [0.717, 1.165) is 0 Å². The Morgan fingerprint density at radius 1 is 0.692 bits per heavy atom. The highest BCUT2D eigenvalue weighted by Crippen LogP contribution is 2.27. The maximum Gasteiger partial charge on any atom is 0.188 e. The minimum Gasteiger partial charge on any atom is -0.402 e. The lowest BCUT2D eigenvalue weighted by molar-refractivity contribution is 0.0728. The lowest BCUT2D eigenvalue weighted by Gasteiger charge is -2.31. The third-order valence-corrected chi connectivity index (χ3v) is 12.2. The number of nitrogens with zero attached hydrogens (tertiary/aromatic N) is 2. The van der Waals surface area contributed by atoms with Gasteiger partial charge in [-0.1, -0.05) is 21.6 Å². The van der Waals surface area contributed by atoms with Crippen LogP contribution in [0.4, 0.5) is 0 Å². The predicted molar refractivity (Wildman–Crippen MR) is 127 cm³/mol. The van der Waals surface area contributed by atoms with E-state index in [0.29, 0.717) is 0 Å². The van der Waals surface area contributed by atoms with Crippen molar-refractivity contribution in [1.82, 2.24) is 9.80 Å². The highest BCUT2D eigenvalue weighted by molar-refractivity contribution is 8.76. The molecule has 0 N–H and O–H groups in total. The number of rotatable bonds is 15. The van der Waals surface area contributed by atoms with Crippen molar-refractivity contribution in [3.63, 3.8) is 0 Å². The van der Waals surface area contributed by atoms with Gasteiger partial charge in [0.05, 0.1) is 12.5 Å². The Bertz CT molecular complexity index is 339. The lowest BCUT2D eigenvalue weighted by Crippen LogP contribution is -2.40. The van der Waals surface area contributed by atoms with E-state index in [2.05, 4.69) is 78.0 Å². The van der Waals surface area contributed by atoms with Crippen LogP contribution in [0.25, 0.3) is 0 Å². The fourth-order valence-electron chi connectivity index (χ4n) is 2.48. The van der Waals surface area contributed by atoms with E-state index in [1.54, 1.807) is 0 Å². The minimum atomic E-state index is -1.53. The van der Waals surface area contributed by atoms with Crippen LogP contribution in [0.15, 0.2) is 0 Å². The molecule has 4 nitrogen and oxygen atoms in total. The maximum atomic E-state index is 6.27. The molecule has 0 radical (unpaired) electrons. The molecule has 0 aromatic carbocycles. The highest BCUT2D eigenvalue weighted by Gasteiger charge is 2.26. The molecule has 2 atom stereocenters. The zero-order chi connectivity index (χ0) is 20.4. The molecule has 0 bridgehead atoms. The number of hydrogen-bond donors (Lipinski definition) is 0. The third-order valence-electron chi connectivity index (χ3n) is 4.53. The van der Waals surface area contributed by atoms with Gasteiger partial charge in [0.15, 0.2) is 16.6 Å². The average Bonchev–Trinajstić information content (AvgIpc) is 2.48. The summed E-state index contributed by atoms with van der Waals surface area (Å²) in [6.45, 7) is 13.7. The molecule has 0 saturated carbocycles. The van der Waals surface area contributed by atoms with Crippen LogP contribution < -0.4 is 0 Å². The summed E-state index contributed by atoms with van der Waals surface area (Å²) in [5.74, 6) is 2.46. The molecule has 0 rings (SSSR count). The second-order valence-electron chi connectivity index (χ2n) is 8.73. The van der Waals surface area contributed by atoms with Crippen LogP contribution >= 0.6 is 21.6 Å². The fraction of sp³-hybridized carbons (Fsp3) is 1.00. The fourth-order valence-corrected chi connectivity index (χ4v) is 9.73. The Labute approximate surface area is 173 Å². The van der Waals surface area contributed by atoms with Gasteiger partial charge in [-0.15, -0.1) is 0 Å². The summed E-state index contributed by atoms with van der Waals surface area (Å²) < 4.78 is 12.5. The van der Waals surface area contributed by atoms with E-state index >= 15 is 0 Å². The zero-order valence-electron chi connectivity index (χ0n) is 18.9. The molecule has 26 heavy (non-hydrogen) atoms. The summed E-state index contributed by atoms with van der Waals surface area (Å²) in [4.78, 5) is 4.29. The summed E-state index contributed by atoms with van der Waals surface area (Å²) in [6, 6.07) is 2.49. The molecule has 0 aromatic rings. The van der Waals surface area contributed by atoms with Crippen LogP contribution in [0.5, 0.6) is 0 Å². The van der Waals surface area contributed by atoms with Crippen LogP contribution in [0.3, 0.4) is 0 Å². The Morgan fingerprint density at radius 3 is 1.27 bits per heavy atom. The van der Waals surface area contributed by atoms with Gasteiger partial charge in [-0.25, -0.2) is 0 Å². The zero-order valence-corrected chi connectivity index (χ0v) is 22.6. The third kappa shape index (κ3) is 14.0. The smallest absolute Gasteiger partial charge is 0.188 e. The molecule has 8 heteroatoms. The van der Waals surface area contributed by atoms with Gasteiger partial charge in [0.25, 0.3) is 0 Å². The van der Waals surface area contributed by atoms with Crippen LogP contribution in [-0.4, -0.2) is 78.6 Å². The Hall–Kier alpha value is 0.974. The predicted octanol–water partition coefficient (Wildman–Crippen LogP) is 5.41. The molecule has 0 spiro atoms. The number of hydrogen-bond acceptors (Lipinski definition) is 6. The molecule has 0 aliphatic heterocycles. The summed E-state index contributed by atoms with van der Waals surface area (Å²) in [5, 5.41) is 0. The van der Waals surface area contributed by atoms with Crippen LogP contribution in [0.2, 0.25) is 38.3 Å². The summed E-state index contributed by atoms with van der Waals surface area (Å²) >= 11 is 0.